The minimum absolute atomic E-state index is 0.0189. The molecule has 0 saturated heterocycles. The van der Waals surface area contributed by atoms with Crippen LogP contribution in [-0.2, 0) is 12.8 Å². The summed E-state index contributed by atoms with van der Waals surface area (Å²) in [6.45, 7) is 3.50. The first-order chi connectivity index (χ1) is 9.09. The molecule has 2 aromatic rings. The van der Waals surface area contributed by atoms with E-state index in [4.69, 9.17) is 11.6 Å². The number of pyridine rings is 1. The van der Waals surface area contributed by atoms with Gasteiger partial charge in [-0.05, 0) is 56.2 Å². The van der Waals surface area contributed by atoms with Gasteiger partial charge in [0.25, 0.3) is 0 Å². The number of rotatable bonds is 1. The Morgan fingerprint density at radius 1 is 1.26 bits per heavy atom. The normalized spacial score (nSPS) is 14.5. The predicted octanol–water partition coefficient (Wildman–Crippen LogP) is 4.28. The Hall–Kier alpha value is -1.41. The number of carbonyl (C=O) groups is 1. The van der Waals surface area contributed by atoms with Crippen LogP contribution in [0, 0.1) is 6.92 Å². The third kappa shape index (κ3) is 1.95. The molecular formula is C16H16ClNO. The number of nitrogens with zero attached hydrogens (tertiary/aromatic N) is 1. The quantitative estimate of drug-likeness (QED) is 0.573. The van der Waals surface area contributed by atoms with Crippen molar-refractivity contribution in [2.24, 2.45) is 0 Å². The zero-order chi connectivity index (χ0) is 13.6. The van der Waals surface area contributed by atoms with Crippen molar-refractivity contribution in [2.75, 3.05) is 0 Å². The Kier molecular flexibility index (Phi) is 3.06. The van der Waals surface area contributed by atoms with Crippen LogP contribution in [0.2, 0.25) is 5.15 Å². The molecule has 1 aromatic heterocycles. The van der Waals surface area contributed by atoms with E-state index in [9.17, 15) is 4.79 Å². The number of Topliss-reactive ketones (excluding diaryl/α,β-unsaturated/α-hetero) is 1. The highest BCUT2D eigenvalue weighted by Crippen LogP contribution is 2.33. The van der Waals surface area contributed by atoms with Crippen molar-refractivity contribution in [3.8, 4) is 0 Å². The van der Waals surface area contributed by atoms with E-state index in [2.05, 4.69) is 17.1 Å². The number of ketones is 1. The second-order valence-corrected chi connectivity index (χ2v) is 5.62. The molecule has 0 amide bonds. The second-order valence-electron chi connectivity index (χ2n) is 5.27. The van der Waals surface area contributed by atoms with Gasteiger partial charge in [0.1, 0.15) is 5.15 Å². The summed E-state index contributed by atoms with van der Waals surface area (Å²) in [5.41, 5.74) is 5.21. The molecule has 0 saturated carbocycles. The number of benzene rings is 1. The molecule has 0 atom stereocenters. The molecule has 3 heteroatoms. The molecule has 19 heavy (non-hydrogen) atoms. The van der Waals surface area contributed by atoms with Crippen LogP contribution in [0.3, 0.4) is 0 Å². The summed E-state index contributed by atoms with van der Waals surface area (Å²) in [5.74, 6) is -0.0189. The van der Waals surface area contributed by atoms with Crippen molar-refractivity contribution >= 4 is 28.3 Å². The third-order valence-electron chi connectivity index (χ3n) is 4.05. The number of carbonyl (C=O) groups excluding carboxylic acids is 1. The van der Waals surface area contributed by atoms with Crippen molar-refractivity contribution in [1.29, 1.82) is 0 Å². The standard InChI is InChI=1S/C16H16ClNO/c1-9-12-8-7-11-5-3-4-6-13(11)15(12)18-16(17)14(9)10(2)19/h7-8H,3-6H2,1-2H3. The molecule has 0 bridgehead atoms. The van der Waals surface area contributed by atoms with Crippen LogP contribution in [0.1, 0.15) is 46.8 Å². The number of aromatic nitrogens is 1. The number of hydrogen-bond donors (Lipinski definition) is 0. The van der Waals surface area contributed by atoms with Crippen molar-refractivity contribution < 1.29 is 4.79 Å². The van der Waals surface area contributed by atoms with E-state index in [1.54, 1.807) is 6.92 Å². The lowest BCUT2D eigenvalue weighted by atomic mass is 9.88. The van der Waals surface area contributed by atoms with Gasteiger partial charge in [0.05, 0.1) is 11.1 Å². The molecule has 0 aliphatic heterocycles. The van der Waals surface area contributed by atoms with E-state index in [1.165, 1.54) is 24.0 Å². The van der Waals surface area contributed by atoms with Crippen LogP contribution >= 0.6 is 11.6 Å². The third-order valence-corrected chi connectivity index (χ3v) is 4.32. The van der Waals surface area contributed by atoms with Crippen LogP contribution in [0.15, 0.2) is 12.1 Å². The van der Waals surface area contributed by atoms with Gasteiger partial charge in [0, 0.05) is 5.39 Å². The zero-order valence-electron chi connectivity index (χ0n) is 11.2. The molecule has 1 aliphatic carbocycles. The van der Waals surface area contributed by atoms with Gasteiger partial charge in [0.15, 0.2) is 5.78 Å². The maximum Gasteiger partial charge on any atom is 0.163 e. The first kappa shape index (κ1) is 12.6. The molecular weight excluding hydrogens is 258 g/mol. The largest absolute Gasteiger partial charge is 0.294 e. The van der Waals surface area contributed by atoms with Crippen LogP contribution in [0.5, 0.6) is 0 Å². The van der Waals surface area contributed by atoms with Crippen LogP contribution < -0.4 is 0 Å². The number of fused-ring (bicyclic) bond motifs is 3. The molecule has 1 heterocycles. The molecule has 0 radical (unpaired) electrons. The van der Waals surface area contributed by atoms with Crippen molar-refractivity contribution in [3.05, 3.63) is 39.5 Å². The summed E-state index contributed by atoms with van der Waals surface area (Å²) < 4.78 is 0. The minimum atomic E-state index is -0.0189. The van der Waals surface area contributed by atoms with Crippen molar-refractivity contribution in [2.45, 2.75) is 39.5 Å². The Balaban J connectivity index is 2.38. The van der Waals surface area contributed by atoms with Gasteiger partial charge in [-0.15, -0.1) is 0 Å². The summed E-state index contributed by atoms with van der Waals surface area (Å²) in [6.07, 6.45) is 4.64. The molecule has 0 spiro atoms. The fraction of sp³-hybridized carbons (Fsp3) is 0.375. The van der Waals surface area contributed by atoms with Gasteiger partial charge in [-0.3, -0.25) is 4.79 Å². The first-order valence-electron chi connectivity index (χ1n) is 6.71. The molecule has 2 nitrogen and oxygen atoms in total. The van der Waals surface area contributed by atoms with Gasteiger partial charge in [0.2, 0.25) is 0 Å². The van der Waals surface area contributed by atoms with Gasteiger partial charge in [-0.2, -0.15) is 0 Å². The van der Waals surface area contributed by atoms with Crippen molar-refractivity contribution in [1.82, 2.24) is 4.98 Å². The molecule has 1 aromatic carbocycles. The van der Waals surface area contributed by atoms with Crippen LogP contribution in [-0.4, -0.2) is 10.8 Å². The fourth-order valence-corrected chi connectivity index (χ4v) is 3.45. The monoisotopic (exact) mass is 273 g/mol. The topological polar surface area (TPSA) is 30.0 Å². The van der Waals surface area contributed by atoms with Gasteiger partial charge < -0.3 is 0 Å². The Bertz CT molecular complexity index is 691. The summed E-state index contributed by atoms with van der Waals surface area (Å²) in [6, 6.07) is 4.27. The van der Waals surface area contributed by atoms with Crippen LogP contribution in [0.25, 0.3) is 10.9 Å². The molecule has 0 unspecified atom stereocenters. The predicted molar refractivity (Wildman–Crippen MR) is 78.1 cm³/mol. The Labute approximate surface area is 117 Å². The van der Waals surface area contributed by atoms with Crippen LogP contribution in [0.4, 0.5) is 0 Å². The molecule has 1 aliphatic rings. The van der Waals surface area contributed by atoms with Crippen molar-refractivity contribution in [3.63, 3.8) is 0 Å². The van der Waals surface area contributed by atoms with E-state index < -0.39 is 0 Å². The average Bonchev–Trinajstić information content (AvgIpc) is 2.38. The van der Waals surface area contributed by atoms with E-state index in [1.807, 2.05) is 6.92 Å². The minimum Gasteiger partial charge on any atom is -0.294 e. The Morgan fingerprint density at radius 2 is 2.00 bits per heavy atom. The summed E-state index contributed by atoms with van der Waals surface area (Å²) in [7, 11) is 0. The molecule has 98 valence electrons. The Morgan fingerprint density at radius 3 is 2.74 bits per heavy atom. The highest BCUT2D eigenvalue weighted by atomic mass is 35.5. The van der Waals surface area contributed by atoms with E-state index in [0.717, 1.165) is 29.3 Å². The van der Waals surface area contributed by atoms with Gasteiger partial charge in [-0.1, -0.05) is 23.7 Å². The highest BCUT2D eigenvalue weighted by Gasteiger charge is 2.19. The lowest BCUT2D eigenvalue weighted by molar-refractivity contribution is 0.101. The second kappa shape index (κ2) is 4.61. The summed E-state index contributed by atoms with van der Waals surface area (Å²) in [5, 5.41) is 1.41. The smallest absolute Gasteiger partial charge is 0.163 e. The summed E-state index contributed by atoms with van der Waals surface area (Å²) in [4.78, 5) is 16.2. The zero-order valence-corrected chi connectivity index (χ0v) is 12.0. The lowest BCUT2D eigenvalue weighted by Crippen LogP contribution is -2.07. The summed E-state index contributed by atoms with van der Waals surface area (Å²) >= 11 is 6.21. The maximum absolute atomic E-state index is 11.7. The first-order valence-corrected chi connectivity index (χ1v) is 7.09. The highest BCUT2D eigenvalue weighted by molar-refractivity contribution is 6.33. The maximum atomic E-state index is 11.7. The lowest BCUT2D eigenvalue weighted by Gasteiger charge is -2.19. The van der Waals surface area contributed by atoms with Gasteiger partial charge >= 0.3 is 0 Å². The number of hydrogen-bond acceptors (Lipinski definition) is 2. The fourth-order valence-electron chi connectivity index (χ4n) is 3.09. The van der Waals surface area contributed by atoms with E-state index in [-0.39, 0.29) is 5.78 Å². The molecule has 3 rings (SSSR count). The SMILES string of the molecule is CC(=O)c1c(Cl)nc2c3c(ccc2c1C)CCCC3. The van der Waals surface area contributed by atoms with Gasteiger partial charge in [-0.25, -0.2) is 4.98 Å². The molecule has 0 N–H and O–H groups in total. The average molecular weight is 274 g/mol. The van der Waals surface area contributed by atoms with E-state index >= 15 is 0 Å². The number of halogens is 1. The molecule has 0 fully saturated rings. The number of aryl methyl sites for hydroxylation is 3. The van der Waals surface area contributed by atoms with E-state index in [0.29, 0.717) is 10.7 Å².